The average molecular weight is 692 g/mol. The van der Waals surface area contributed by atoms with Crippen molar-refractivity contribution in [2.45, 2.75) is 51.2 Å². The number of carbonyl (C=O) groups excluding carboxylic acids is 2. The second-order valence-electron chi connectivity index (χ2n) is 10.5. The van der Waals surface area contributed by atoms with Crippen molar-refractivity contribution in [3.8, 4) is 11.5 Å². The highest BCUT2D eigenvalue weighted by Crippen LogP contribution is 2.42. The molecule has 0 aliphatic carbocycles. The highest BCUT2D eigenvalue weighted by molar-refractivity contribution is 6.11. The fourth-order valence-corrected chi connectivity index (χ4v) is 5.23. The lowest BCUT2D eigenvalue weighted by molar-refractivity contribution is -0.286. The zero-order chi connectivity index (χ0) is 29.1. The van der Waals surface area contributed by atoms with Crippen molar-refractivity contribution < 1.29 is 33.6 Å². The number of hydrogen-bond donors (Lipinski definition) is 6. The Balaban J connectivity index is -0.00000123. The summed E-state index contributed by atoms with van der Waals surface area (Å²) >= 11 is 0. The Morgan fingerprint density at radius 1 is 0.745 bits per heavy atom. The molecule has 1 amide bonds. The summed E-state index contributed by atoms with van der Waals surface area (Å²) in [7, 11) is 0. The van der Waals surface area contributed by atoms with E-state index >= 15 is 0 Å². The van der Waals surface area contributed by atoms with Crippen molar-refractivity contribution in [3.05, 3.63) is 48.0 Å². The number of carbonyl (C=O) groups is 2. The fraction of sp³-hybridized carbons (Fsp3) is 0.414. The molecule has 0 radical (unpaired) electrons. The first kappa shape index (κ1) is 40.6. The van der Waals surface area contributed by atoms with Crippen LogP contribution in [0.25, 0.3) is 0 Å². The number of nitrogens with zero attached hydrogens (tertiary/aromatic N) is 5. The van der Waals surface area contributed by atoms with Crippen LogP contribution in [0.3, 0.4) is 0 Å². The van der Waals surface area contributed by atoms with Crippen LogP contribution in [-0.4, -0.2) is 59.1 Å². The van der Waals surface area contributed by atoms with Crippen molar-refractivity contribution in [1.29, 1.82) is 0 Å². The Morgan fingerprint density at radius 2 is 1.26 bits per heavy atom. The van der Waals surface area contributed by atoms with Gasteiger partial charge in [0.25, 0.3) is 0 Å². The van der Waals surface area contributed by atoms with Crippen molar-refractivity contribution >= 4 is 53.3 Å². The van der Waals surface area contributed by atoms with Crippen LogP contribution >= 0.6 is 12.4 Å². The van der Waals surface area contributed by atoms with Gasteiger partial charge in [-0.05, 0) is 74.9 Å². The molecule has 3 aliphatic rings. The van der Waals surface area contributed by atoms with Crippen LogP contribution in [-0.2, 0) is 4.79 Å². The SMILES string of the molecule is Cl.N.N.N.N.O=C(CC(=O)c1ccc(Nc2nc(N3CCCCC3)nc(N3CCCCC3)n2)cc1)Nc1ccc2c(c1)OC(F)(F)O2.[HH].[HH].[HH].[HH]. The average Bonchev–Trinajstić information content (AvgIpc) is 3.31. The molecule has 0 spiro atoms. The van der Waals surface area contributed by atoms with Crippen molar-refractivity contribution in [2.75, 3.05) is 46.6 Å². The van der Waals surface area contributed by atoms with Crippen LogP contribution in [0.5, 0.6) is 11.5 Å². The zero-order valence-corrected chi connectivity index (χ0v) is 27.0. The van der Waals surface area contributed by atoms with Gasteiger partial charge in [0, 0.05) is 54.9 Å². The zero-order valence-electron chi connectivity index (χ0n) is 26.2. The molecule has 0 saturated carbocycles. The number of halogens is 3. The lowest BCUT2D eigenvalue weighted by Gasteiger charge is -2.30. The van der Waals surface area contributed by atoms with Gasteiger partial charge in [0.05, 0.1) is 6.42 Å². The third-order valence-electron chi connectivity index (χ3n) is 7.36. The van der Waals surface area contributed by atoms with Crippen LogP contribution < -0.4 is 54.5 Å². The predicted molar refractivity (Wildman–Crippen MR) is 188 cm³/mol. The highest BCUT2D eigenvalue weighted by atomic mass is 35.5. The molecular weight excluding hydrogens is 640 g/mol. The summed E-state index contributed by atoms with van der Waals surface area (Å²) < 4.78 is 35.2. The van der Waals surface area contributed by atoms with Crippen molar-refractivity contribution in [1.82, 2.24) is 39.6 Å². The molecule has 15 nitrogen and oxygen atoms in total. The maximum Gasteiger partial charge on any atom is 0.586 e. The molecule has 14 N–H and O–H groups in total. The normalized spacial score (nSPS) is 15.7. The van der Waals surface area contributed by atoms with E-state index in [1.165, 1.54) is 31.0 Å². The Morgan fingerprint density at radius 3 is 1.81 bits per heavy atom. The number of Topliss-reactive ketones (excluding diaryl/α,β-unsaturated/α-hetero) is 1. The maximum absolute atomic E-state index is 13.2. The second kappa shape index (κ2) is 17.5. The Kier molecular flexibility index (Phi) is 15.1. The number of ketones is 1. The summed E-state index contributed by atoms with van der Waals surface area (Å²) in [5.74, 6) is 0.455. The molecule has 3 aliphatic heterocycles. The molecule has 3 aromatic rings. The third-order valence-corrected chi connectivity index (χ3v) is 7.36. The van der Waals surface area contributed by atoms with Gasteiger partial charge in [0.2, 0.25) is 23.8 Å². The molecule has 18 heteroatoms. The summed E-state index contributed by atoms with van der Waals surface area (Å²) in [4.78, 5) is 43.8. The molecule has 0 atom stereocenters. The Bertz CT molecular complexity index is 1460. The van der Waals surface area contributed by atoms with E-state index < -0.39 is 24.4 Å². The lowest BCUT2D eigenvalue weighted by atomic mass is 10.1. The molecule has 2 fully saturated rings. The Hall–Kier alpha value is -4.42. The first-order valence-electron chi connectivity index (χ1n) is 14.2. The number of amides is 1. The summed E-state index contributed by atoms with van der Waals surface area (Å²) in [6.45, 7) is 3.66. The molecular formula is C29H52ClF2N11O4. The molecule has 2 aromatic carbocycles. The topological polar surface area (TPSA) is 262 Å². The van der Waals surface area contributed by atoms with E-state index in [-0.39, 0.29) is 59.9 Å². The highest BCUT2D eigenvalue weighted by Gasteiger charge is 2.43. The fourth-order valence-electron chi connectivity index (χ4n) is 5.23. The number of hydrogen-bond acceptors (Lipinski definition) is 14. The summed E-state index contributed by atoms with van der Waals surface area (Å²) in [6.07, 6.45) is 2.66. The first-order valence-corrected chi connectivity index (χ1v) is 14.2. The quantitative estimate of drug-likeness (QED) is 0.101. The van der Waals surface area contributed by atoms with E-state index in [1.807, 2.05) is 0 Å². The van der Waals surface area contributed by atoms with Crippen LogP contribution in [0.1, 0.15) is 61.0 Å². The number of alkyl halides is 2. The summed E-state index contributed by atoms with van der Waals surface area (Å²) in [5.41, 5.74) is 1.24. The van der Waals surface area contributed by atoms with Gasteiger partial charge in [-0.2, -0.15) is 15.0 Å². The van der Waals surface area contributed by atoms with E-state index in [9.17, 15) is 18.4 Å². The molecule has 0 unspecified atom stereocenters. The van der Waals surface area contributed by atoms with Gasteiger partial charge in [0.15, 0.2) is 17.3 Å². The number of fused-ring (bicyclic) bond motifs is 1. The van der Waals surface area contributed by atoms with E-state index in [0.29, 0.717) is 29.1 Å². The van der Waals surface area contributed by atoms with E-state index in [2.05, 4.69) is 29.9 Å². The van der Waals surface area contributed by atoms with Gasteiger partial charge in [-0.25, -0.2) is 0 Å². The predicted octanol–water partition coefficient (Wildman–Crippen LogP) is 7.18. The second-order valence-corrected chi connectivity index (χ2v) is 10.5. The largest absolute Gasteiger partial charge is 0.586 e. The maximum atomic E-state index is 13.2. The van der Waals surface area contributed by atoms with E-state index in [0.717, 1.165) is 51.9 Å². The smallest absolute Gasteiger partial charge is 0.395 e. The number of rotatable bonds is 8. The minimum absolute atomic E-state index is 0. The number of anilines is 5. The van der Waals surface area contributed by atoms with Crippen LogP contribution in [0.2, 0.25) is 0 Å². The van der Waals surface area contributed by atoms with Crippen molar-refractivity contribution in [2.24, 2.45) is 0 Å². The minimum Gasteiger partial charge on any atom is -0.395 e. The number of ether oxygens (including phenoxy) is 2. The monoisotopic (exact) mass is 691 g/mol. The van der Waals surface area contributed by atoms with Gasteiger partial charge in [-0.15, -0.1) is 21.2 Å². The third kappa shape index (κ3) is 10.0. The van der Waals surface area contributed by atoms with Crippen LogP contribution in [0, 0.1) is 0 Å². The van der Waals surface area contributed by atoms with E-state index in [1.54, 1.807) is 24.3 Å². The molecule has 6 rings (SSSR count). The van der Waals surface area contributed by atoms with E-state index in [4.69, 9.17) is 15.0 Å². The summed E-state index contributed by atoms with van der Waals surface area (Å²) in [6, 6.07) is 10.6. The van der Waals surface area contributed by atoms with Gasteiger partial charge < -0.3 is 54.5 Å². The Labute approximate surface area is 283 Å². The van der Waals surface area contributed by atoms with Gasteiger partial charge in [-0.1, -0.05) is 0 Å². The molecule has 1 aromatic heterocycles. The molecule has 268 valence electrons. The van der Waals surface area contributed by atoms with Crippen LogP contribution in [0.4, 0.5) is 38.0 Å². The van der Waals surface area contributed by atoms with Gasteiger partial charge >= 0.3 is 6.29 Å². The standard InChI is InChI=1S/C29H31F2N7O4.ClH.4H3N.4H2/c30-29(31)41-23-12-11-21(17-24(23)42-29)32-25(40)18-22(39)19-7-9-20(10-8-19)33-26-34-27(37-13-3-1-4-14-37)36-28(35-26)38-15-5-2-6-16-38;;;;;;;;;/h7-12,17H,1-6,13-16,18H2,(H,32,40)(H,33,34,35,36);1H;4*1H3;4*1H. The number of piperidine rings is 2. The molecule has 47 heavy (non-hydrogen) atoms. The first-order chi connectivity index (χ1) is 20.3. The summed E-state index contributed by atoms with van der Waals surface area (Å²) in [5, 5.41) is 5.77. The number of nitrogens with one attached hydrogen (secondary N) is 2. The number of aromatic nitrogens is 3. The molecule has 4 heterocycles. The minimum atomic E-state index is -3.75. The van der Waals surface area contributed by atoms with Crippen molar-refractivity contribution in [3.63, 3.8) is 0 Å². The van der Waals surface area contributed by atoms with Gasteiger partial charge in [0.1, 0.15) is 0 Å². The van der Waals surface area contributed by atoms with Gasteiger partial charge in [-0.3, -0.25) is 9.59 Å². The van der Waals surface area contributed by atoms with Crippen LogP contribution in [0.15, 0.2) is 42.5 Å². The molecule has 2 saturated heterocycles. The number of benzene rings is 2. The molecule has 0 bridgehead atoms. The lowest BCUT2D eigenvalue weighted by Crippen LogP contribution is -2.34.